The zero-order valence-electron chi connectivity index (χ0n) is 10.7. The Hall–Kier alpha value is -1.34. The molecule has 0 unspecified atom stereocenters. The lowest BCUT2D eigenvalue weighted by Crippen LogP contribution is -2.23. The summed E-state index contributed by atoms with van der Waals surface area (Å²) in [6.07, 6.45) is 3.39. The highest BCUT2D eigenvalue weighted by Gasteiger charge is 2.14. The molecule has 2 rings (SSSR count). The highest BCUT2D eigenvalue weighted by atomic mass is 127. The molecule has 1 amide bonds. The summed E-state index contributed by atoms with van der Waals surface area (Å²) in [5.41, 5.74) is 1.35. The number of nitrogens with zero attached hydrogens (tertiary/aromatic N) is 1. The van der Waals surface area contributed by atoms with E-state index in [0.717, 1.165) is 9.13 Å². The standard InChI is InChI=1S/C14H12ClIN2O2/c1-20-13-6-12(16)11(15)5-10(13)14(19)18-8-9-3-2-4-17-7-9/h2-7H,8H2,1H3,(H,18,19). The van der Waals surface area contributed by atoms with E-state index in [2.05, 4.69) is 32.9 Å². The van der Waals surface area contributed by atoms with E-state index >= 15 is 0 Å². The third-order valence-electron chi connectivity index (χ3n) is 2.66. The largest absolute Gasteiger partial charge is 0.496 e. The lowest BCUT2D eigenvalue weighted by molar-refractivity contribution is 0.0948. The number of hydrogen-bond acceptors (Lipinski definition) is 3. The predicted molar refractivity (Wildman–Crippen MR) is 86.1 cm³/mol. The molecule has 104 valence electrons. The third kappa shape index (κ3) is 3.61. The van der Waals surface area contributed by atoms with Crippen molar-refractivity contribution in [3.05, 3.63) is 56.4 Å². The van der Waals surface area contributed by atoms with Crippen molar-refractivity contribution in [2.24, 2.45) is 0 Å². The first kappa shape index (κ1) is 15.1. The SMILES string of the molecule is COc1cc(I)c(Cl)cc1C(=O)NCc1cccnc1. The number of carbonyl (C=O) groups is 1. The van der Waals surface area contributed by atoms with Crippen LogP contribution >= 0.6 is 34.2 Å². The van der Waals surface area contributed by atoms with Gasteiger partial charge in [-0.2, -0.15) is 0 Å². The first-order valence-corrected chi connectivity index (χ1v) is 7.27. The second-order valence-corrected chi connectivity index (χ2v) is 5.58. The molecular weight excluding hydrogens is 391 g/mol. The third-order valence-corrected chi connectivity index (χ3v) is 4.19. The first-order valence-electron chi connectivity index (χ1n) is 5.82. The van der Waals surface area contributed by atoms with E-state index in [9.17, 15) is 4.79 Å². The summed E-state index contributed by atoms with van der Waals surface area (Å²) in [4.78, 5) is 16.2. The number of halogens is 2. The summed E-state index contributed by atoms with van der Waals surface area (Å²) in [7, 11) is 1.53. The molecule has 0 saturated heterocycles. The van der Waals surface area contributed by atoms with Crippen molar-refractivity contribution in [2.45, 2.75) is 6.54 Å². The molecule has 6 heteroatoms. The highest BCUT2D eigenvalue weighted by molar-refractivity contribution is 14.1. The second-order valence-electron chi connectivity index (χ2n) is 4.01. The summed E-state index contributed by atoms with van der Waals surface area (Å²) in [6.45, 7) is 0.402. The van der Waals surface area contributed by atoms with Crippen LogP contribution in [0.5, 0.6) is 5.75 Å². The van der Waals surface area contributed by atoms with Crippen LogP contribution in [-0.2, 0) is 6.54 Å². The van der Waals surface area contributed by atoms with Gasteiger partial charge in [0, 0.05) is 22.5 Å². The maximum absolute atomic E-state index is 12.2. The Balaban J connectivity index is 2.15. The van der Waals surface area contributed by atoms with Gasteiger partial charge in [-0.25, -0.2) is 0 Å². The van der Waals surface area contributed by atoms with Crippen LogP contribution in [0.4, 0.5) is 0 Å². The van der Waals surface area contributed by atoms with Crippen molar-refractivity contribution in [3.63, 3.8) is 0 Å². The van der Waals surface area contributed by atoms with Gasteiger partial charge in [-0.3, -0.25) is 9.78 Å². The average Bonchev–Trinajstić information content (AvgIpc) is 2.48. The maximum Gasteiger partial charge on any atom is 0.255 e. The molecule has 0 aliphatic heterocycles. The first-order chi connectivity index (χ1) is 9.61. The zero-order valence-corrected chi connectivity index (χ0v) is 13.6. The summed E-state index contributed by atoms with van der Waals surface area (Å²) in [5.74, 6) is 0.270. The Kier molecular flexibility index (Phi) is 5.19. The lowest BCUT2D eigenvalue weighted by atomic mass is 10.2. The molecule has 0 aliphatic rings. The summed E-state index contributed by atoms with van der Waals surface area (Å²) >= 11 is 8.14. The Morgan fingerprint density at radius 2 is 2.30 bits per heavy atom. The van der Waals surface area contributed by atoms with Crippen LogP contribution < -0.4 is 10.1 Å². The number of rotatable bonds is 4. The number of amides is 1. The van der Waals surface area contributed by atoms with E-state index in [1.54, 1.807) is 24.5 Å². The van der Waals surface area contributed by atoms with Crippen LogP contribution in [0.3, 0.4) is 0 Å². The normalized spacial score (nSPS) is 10.2. The van der Waals surface area contributed by atoms with Gasteiger partial charge in [-0.1, -0.05) is 17.7 Å². The zero-order chi connectivity index (χ0) is 14.5. The molecule has 4 nitrogen and oxygen atoms in total. The molecule has 0 fully saturated rings. The minimum Gasteiger partial charge on any atom is -0.496 e. The van der Waals surface area contributed by atoms with E-state index in [1.165, 1.54) is 7.11 Å². The van der Waals surface area contributed by atoms with Crippen LogP contribution in [0, 0.1) is 3.57 Å². The van der Waals surface area contributed by atoms with Gasteiger partial charge < -0.3 is 10.1 Å². The maximum atomic E-state index is 12.2. The molecule has 1 heterocycles. The summed E-state index contributed by atoms with van der Waals surface area (Å²) in [5, 5.41) is 3.34. The molecule has 0 saturated carbocycles. The number of nitrogens with one attached hydrogen (secondary N) is 1. The van der Waals surface area contributed by atoms with Gasteiger partial charge in [-0.05, 0) is 46.4 Å². The van der Waals surface area contributed by atoms with Gasteiger partial charge in [0.05, 0.1) is 17.7 Å². The smallest absolute Gasteiger partial charge is 0.255 e. The van der Waals surface area contributed by atoms with E-state index in [-0.39, 0.29) is 5.91 Å². The van der Waals surface area contributed by atoms with Gasteiger partial charge in [0.1, 0.15) is 5.75 Å². The Labute approximate surface area is 135 Å². The minimum absolute atomic E-state index is 0.232. The minimum atomic E-state index is -0.232. The van der Waals surface area contributed by atoms with E-state index in [4.69, 9.17) is 16.3 Å². The molecule has 0 bridgehead atoms. The van der Waals surface area contributed by atoms with Crippen molar-refractivity contribution in [1.29, 1.82) is 0 Å². The second kappa shape index (κ2) is 6.90. The monoisotopic (exact) mass is 402 g/mol. The molecule has 1 aromatic heterocycles. The molecule has 2 aromatic rings. The topological polar surface area (TPSA) is 51.2 Å². The fourth-order valence-electron chi connectivity index (χ4n) is 1.66. The molecule has 1 N–H and O–H groups in total. The Morgan fingerprint density at radius 3 is 2.95 bits per heavy atom. The molecule has 0 spiro atoms. The van der Waals surface area contributed by atoms with E-state index < -0.39 is 0 Å². The molecular formula is C14H12ClIN2O2. The van der Waals surface area contributed by atoms with Gasteiger partial charge >= 0.3 is 0 Å². The molecule has 0 atom stereocenters. The molecule has 1 aromatic carbocycles. The Bertz CT molecular complexity index is 620. The number of carbonyl (C=O) groups excluding carboxylic acids is 1. The van der Waals surface area contributed by atoms with Gasteiger partial charge in [0.15, 0.2) is 0 Å². The van der Waals surface area contributed by atoms with Crippen molar-refractivity contribution >= 4 is 40.1 Å². The number of ether oxygens (including phenoxy) is 1. The molecule has 0 aliphatic carbocycles. The number of pyridine rings is 1. The van der Waals surface area contributed by atoms with E-state index in [1.807, 2.05) is 12.1 Å². The van der Waals surface area contributed by atoms with Crippen molar-refractivity contribution in [3.8, 4) is 5.75 Å². The van der Waals surface area contributed by atoms with Crippen LogP contribution in [0.15, 0.2) is 36.7 Å². The van der Waals surface area contributed by atoms with Gasteiger partial charge in [0.25, 0.3) is 5.91 Å². The number of aromatic nitrogens is 1. The predicted octanol–water partition coefficient (Wildman–Crippen LogP) is 3.28. The van der Waals surface area contributed by atoms with Crippen molar-refractivity contribution < 1.29 is 9.53 Å². The lowest BCUT2D eigenvalue weighted by Gasteiger charge is -2.10. The van der Waals surface area contributed by atoms with E-state index in [0.29, 0.717) is 22.9 Å². The van der Waals surface area contributed by atoms with Crippen LogP contribution in [0.2, 0.25) is 5.02 Å². The van der Waals surface area contributed by atoms with Gasteiger partial charge in [0.2, 0.25) is 0 Å². The number of methoxy groups -OCH3 is 1. The average molecular weight is 403 g/mol. The summed E-state index contributed by atoms with van der Waals surface area (Å²) in [6, 6.07) is 7.07. The van der Waals surface area contributed by atoms with Gasteiger partial charge in [-0.15, -0.1) is 0 Å². The van der Waals surface area contributed by atoms with Crippen LogP contribution in [0.1, 0.15) is 15.9 Å². The van der Waals surface area contributed by atoms with Crippen LogP contribution in [0.25, 0.3) is 0 Å². The fraction of sp³-hybridized carbons (Fsp3) is 0.143. The van der Waals surface area contributed by atoms with Crippen molar-refractivity contribution in [2.75, 3.05) is 7.11 Å². The highest BCUT2D eigenvalue weighted by Crippen LogP contribution is 2.28. The quantitative estimate of drug-likeness (QED) is 0.799. The summed E-state index contributed by atoms with van der Waals surface area (Å²) < 4.78 is 6.06. The molecule has 20 heavy (non-hydrogen) atoms. The number of hydrogen-bond donors (Lipinski definition) is 1. The van der Waals surface area contributed by atoms with Crippen molar-refractivity contribution in [1.82, 2.24) is 10.3 Å². The number of benzene rings is 1. The fourth-order valence-corrected chi connectivity index (χ4v) is 2.26. The Morgan fingerprint density at radius 1 is 1.50 bits per heavy atom. The van der Waals surface area contributed by atoms with Crippen LogP contribution in [-0.4, -0.2) is 18.0 Å². The molecule has 0 radical (unpaired) electrons.